The predicted octanol–water partition coefficient (Wildman–Crippen LogP) is 0.528. The van der Waals surface area contributed by atoms with Gasteiger partial charge < -0.3 is 39.6 Å². The molecule has 0 spiro atoms. The molecule has 1 fully saturated rings. The Hall–Kier alpha value is -2.17. The van der Waals surface area contributed by atoms with Gasteiger partial charge in [-0.1, -0.05) is 30.3 Å². The molecule has 0 radical (unpaired) electrons. The van der Waals surface area contributed by atoms with Crippen LogP contribution in [0.25, 0.3) is 22.2 Å². The van der Waals surface area contributed by atoms with E-state index in [2.05, 4.69) is 9.97 Å². The Morgan fingerprint density at radius 2 is 1.89 bits per heavy atom. The second kappa shape index (κ2) is 7.69. The molecule has 0 aliphatic carbocycles. The van der Waals surface area contributed by atoms with Crippen LogP contribution in [0.2, 0.25) is 0 Å². The zero-order valence-electron chi connectivity index (χ0n) is 14.5. The van der Waals surface area contributed by atoms with Gasteiger partial charge >= 0.3 is 8.60 Å². The number of fused-ring (bicyclic) bond motifs is 1. The molecule has 4 unspecified atom stereocenters. The summed E-state index contributed by atoms with van der Waals surface area (Å²) in [7, 11) is -2.59. The molecular formula is C17H19N4O6P. The van der Waals surface area contributed by atoms with Crippen molar-refractivity contribution in [3.05, 3.63) is 42.9 Å². The van der Waals surface area contributed by atoms with E-state index in [0.717, 1.165) is 11.1 Å². The van der Waals surface area contributed by atoms with E-state index in [-0.39, 0.29) is 12.4 Å². The smallest absolute Gasteiger partial charge is 0.327 e. The third-order valence-corrected chi connectivity index (χ3v) is 5.07. The van der Waals surface area contributed by atoms with E-state index < -0.39 is 33.1 Å². The van der Waals surface area contributed by atoms with Gasteiger partial charge in [0.1, 0.15) is 36.1 Å². The first-order valence-corrected chi connectivity index (χ1v) is 9.62. The number of anilines is 1. The molecule has 1 aromatic carbocycles. The topological polar surface area (TPSA) is 156 Å². The van der Waals surface area contributed by atoms with Gasteiger partial charge in [0.15, 0.2) is 6.23 Å². The first-order valence-electron chi connectivity index (χ1n) is 8.46. The minimum Gasteiger partial charge on any atom is -0.387 e. The molecule has 2 aromatic heterocycles. The van der Waals surface area contributed by atoms with E-state index >= 15 is 0 Å². The molecule has 0 saturated carbocycles. The lowest BCUT2D eigenvalue weighted by molar-refractivity contribution is -0.0482. The molecule has 148 valence electrons. The Kier molecular flexibility index (Phi) is 5.26. The molecule has 3 heterocycles. The van der Waals surface area contributed by atoms with Crippen LogP contribution in [0.3, 0.4) is 0 Å². The van der Waals surface area contributed by atoms with Gasteiger partial charge in [-0.3, -0.25) is 0 Å². The molecule has 0 bridgehead atoms. The van der Waals surface area contributed by atoms with Crippen molar-refractivity contribution in [2.24, 2.45) is 0 Å². The van der Waals surface area contributed by atoms with E-state index in [0.29, 0.717) is 11.0 Å². The van der Waals surface area contributed by atoms with Gasteiger partial charge in [0, 0.05) is 11.8 Å². The third kappa shape index (κ3) is 3.36. The van der Waals surface area contributed by atoms with Crippen LogP contribution in [0.15, 0.2) is 42.9 Å². The van der Waals surface area contributed by atoms with Crippen LogP contribution in [-0.4, -0.2) is 59.5 Å². The summed E-state index contributed by atoms with van der Waals surface area (Å²) in [4.78, 5) is 26.2. The predicted molar refractivity (Wildman–Crippen MR) is 101 cm³/mol. The van der Waals surface area contributed by atoms with E-state index in [4.69, 9.17) is 24.8 Å². The Morgan fingerprint density at radius 1 is 1.14 bits per heavy atom. The molecule has 28 heavy (non-hydrogen) atoms. The molecule has 11 heteroatoms. The quantitative estimate of drug-likeness (QED) is 0.381. The lowest BCUT2D eigenvalue weighted by atomic mass is 10.1. The van der Waals surface area contributed by atoms with Crippen LogP contribution in [0.4, 0.5) is 5.82 Å². The monoisotopic (exact) mass is 406 g/mol. The second-order valence-electron chi connectivity index (χ2n) is 6.37. The van der Waals surface area contributed by atoms with Crippen LogP contribution < -0.4 is 5.73 Å². The van der Waals surface area contributed by atoms with Gasteiger partial charge in [0.2, 0.25) is 0 Å². The summed E-state index contributed by atoms with van der Waals surface area (Å²) >= 11 is 0. The number of aliphatic hydroxyl groups excluding tert-OH is 2. The van der Waals surface area contributed by atoms with Crippen molar-refractivity contribution >= 4 is 25.5 Å². The molecule has 1 saturated heterocycles. The Balaban J connectivity index is 1.76. The zero-order valence-corrected chi connectivity index (χ0v) is 15.4. The van der Waals surface area contributed by atoms with E-state index in [1.807, 2.05) is 30.3 Å². The Morgan fingerprint density at radius 3 is 2.61 bits per heavy atom. The first kappa shape index (κ1) is 19.2. The molecule has 0 amide bonds. The number of hydrogen-bond donors (Lipinski definition) is 5. The second-order valence-corrected chi connectivity index (χ2v) is 7.13. The SMILES string of the molecule is Nc1ncnc2c1c(-c1ccccc1)cn2C1OC(COP(O)O)C(O)C1O. The maximum Gasteiger partial charge on any atom is 0.327 e. The molecule has 1 aliphatic rings. The van der Waals surface area contributed by atoms with Crippen molar-refractivity contribution in [1.82, 2.24) is 14.5 Å². The average Bonchev–Trinajstić information content (AvgIpc) is 3.20. The van der Waals surface area contributed by atoms with Crippen molar-refractivity contribution < 1.29 is 29.3 Å². The highest BCUT2D eigenvalue weighted by Crippen LogP contribution is 2.39. The van der Waals surface area contributed by atoms with Crippen molar-refractivity contribution in [3.63, 3.8) is 0 Å². The number of aliphatic hydroxyl groups is 2. The zero-order chi connectivity index (χ0) is 19.8. The fraction of sp³-hybridized carbons (Fsp3) is 0.294. The van der Waals surface area contributed by atoms with Gasteiger partial charge in [0.25, 0.3) is 0 Å². The largest absolute Gasteiger partial charge is 0.387 e. The maximum atomic E-state index is 10.5. The summed E-state index contributed by atoms with van der Waals surface area (Å²) in [6.07, 6.45) is -1.43. The van der Waals surface area contributed by atoms with Crippen LogP contribution >= 0.6 is 8.60 Å². The lowest BCUT2D eigenvalue weighted by Crippen LogP contribution is -2.33. The summed E-state index contributed by atoms with van der Waals surface area (Å²) in [5.74, 6) is 0.279. The van der Waals surface area contributed by atoms with Crippen LogP contribution in [-0.2, 0) is 9.26 Å². The van der Waals surface area contributed by atoms with Crippen molar-refractivity contribution in [2.75, 3.05) is 12.3 Å². The highest BCUT2D eigenvalue weighted by molar-refractivity contribution is 7.39. The Bertz CT molecular complexity index is 969. The van der Waals surface area contributed by atoms with Crippen LogP contribution in [0.5, 0.6) is 0 Å². The van der Waals surface area contributed by atoms with Crippen molar-refractivity contribution in [1.29, 1.82) is 0 Å². The summed E-state index contributed by atoms with van der Waals surface area (Å²) in [6.45, 7) is -0.282. The fourth-order valence-corrected chi connectivity index (χ4v) is 3.66. The number of hydrogen-bond acceptors (Lipinski definition) is 9. The standard InChI is InChI=1S/C17H19N4O6P/c18-15-12-10(9-4-2-1-3-5-9)6-21(16(12)20-8-19-15)17-14(23)13(22)11(27-17)7-26-28(24)25/h1-6,8,11,13-14,17,22-25H,7H2,(H2,18,19,20). The number of benzene rings is 1. The molecule has 10 nitrogen and oxygen atoms in total. The van der Waals surface area contributed by atoms with Crippen LogP contribution in [0.1, 0.15) is 6.23 Å². The van der Waals surface area contributed by atoms with Gasteiger partial charge in [-0.25, -0.2) is 9.97 Å². The van der Waals surface area contributed by atoms with Gasteiger partial charge in [0.05, 0.1) is 12.0 Å². The maximum absolute atomic E-state index is 10.5. The molecule has 4 atom stereocenters. The highest BCUT2D eigenvalue weighted by atomic mass is 31.2. The summed E-state index contributed by atoms with van der Waals surface area (Å²) in [6, 6.07) is 9.49. The number of nitrogens with zero attached hydrogens (tertiary/aromatic N) is 3. The molecule has 3 aromatic rings. The van der Waals surface area contributed by atoms with E-state index in [9.17, 15) is 10.2 Å². The Labute approximate surface area is 160 Å². The van der Waals surface area contributed by atoms with Crippen LogP contribution in [0, 0.1) is 0 Å². The van der Waals surface area contributed by atoms with Crippen molar-refractivity contribution in [3.8, 4) is 11.1 Å². The minimum absolute atomic E-state index is 0.279. The highest BCUT2D eigenvalue weighted by Gasteiger charge is 2.44. The first-order chi connectivity index (χ1) is 13.5. The minimum atomic E-state index is -2.59. The molecule has 4 rings (SSSR count). The average molecular weight is 406 g/mol. The van der Waals surface area contributed by atoms with E-state index in [1.165, 1.54) is 6.33 Å². The summed E-state index contributed by atoms with van der Waals surface area (Å²) in [5.41, 5.74) is 8.17. The van der Waals surface area contributed by atoms with Gasteiger partial charge in [-0.05, 0) is 5.56 Å². The molecular weight excluding hydrogens is 387 g/mol. The fourth-order valence-electron chi connectivity index (χ4n) is 3.38. The normalized spacial score (nSPS) is 25.0. The van der Waals surface area contributed by atoms with Crippen molar-refractivity contribution in [2.45, 2.75) is 24.5 Å². The number of ether oxygens (including phenoxy) is 1. The van der Waals surface area contributed by atoms with Gasteiger partial charge in [-0.2, -0.15) is 0 Å². The molecule has 1 aliphatic heterocycles. The summed E-state index contributed by atoms with van der Waals surface area (Å²) in [5, 5.41) is 21.4. The number of rotatable bonds is 5. The van der Waals surface area contributed by atoms with E-state index in [1.54, 1.807) is 10.8 Å². The number of aromatic nitrogens is 3. The van der Waals surface area contributed by atoms with Gasteiger partial charge in [-0.15, -0.1) is 0 Å². The number of nitrogen functional groups attached to an aromatic ring is 1. The lowest BCUT2D eigenvalue weighted by Gasteiger charge is -2.17. The molecule has 6 N–H and O–H groups in total. The third-order valence-electron chi connectivity index (χ3n) is 4.69. The number of nitrogens with two attached hydrogens (primary N) is 1. The summed E-state index contributed by atoms with van der Waals surface area (Å²) < 4.78 is 12.1.